The molecule has 4 rings (SSSR count). The highest BCUT2D eigenvalue weighted by Crippen LogP contribution is 2.27. The highest BCUT2D eigenvalue weighted by atomic mass is 79.9. The number of aromatic nitrogens is 4. The lowest BCUT2D eigenvalue weighted by atomic mass is 10.1. The van der Waals surface area contributed by atoms with Gasteiger partial charge in [0.2, 0.25) is 5.82 Å². The van der Waals surface area contributed by atoms with Crippen molar-refractivity contribution in [1.82, 2.24) is 25.7 Å². The molecule has 1 atom stereocenters. The zero-order chi connectivity index (χ0) is 14.2. The Morgan fingerprint density at radius 2 is 2.23 bits per heavy atom. The van der Waals surface area contributed by atoms with Crippen LogP contribution in [0.2, 0.25) is 0 Å². The van der Waals surface area contributed by atoms with Crippen LogP contribution in [0, 0.1) is 0 Å². The van der Waals surface area contributed by atoms with Crippen LogP contribution in [0.25, 0.3) is 23.2 Å². The molecule has 7 nitrogen and oxygen atoms in total. The highest BCUT2D eigenvalue weighted by Gasteiger charge is 2.21. The third kappa shape index (κ3) is 2.81. The van der Waals surface area contributed by atoms with E-state index in [4.69, 9.17) is 8.94 Å². The maximum absolute atomic E-state index is 5.40. The van der Waals surface area contributed by atoms with Gasteiger partial charge in [0.25, 0.3) is 5.89 Å². The van der Waals surface area contributed by atoms with Gasteiger partial charge in [0.15, 0.2) is 16.1 Å². The van der Waals surface area contributed by atoms with Crippen LogP contribution in [0.4, 0.5) is 0 Å². The summed E-state index contributed by atoms with van der Waals surface area (Å²) in [5, 5.41) is 14.6. The molecule has 3 aromatic heterocycles. The summed E-state index contributed by atoms with van der Waals surface area (Å²) in [4.78, 5) is 4.31. The Morgan fingerprint density at radius 3 is 2.95 bits per heavy atom. The molecule has 0 bridgehead atoms. The molecule has 1 aliphatic rings. The average molecular weight is 387 g/mol. The first-order valence-corrected chi connectivity index (χ1v) is 7.45. The smallest absolute Gasteiger partial charge is 0.278 e. The van der Waals surface area contributed by atoms with Crippen molar-refractivity contribution in [1.29, 1.82) is 0 Å². The topological polar surface area (TPSA) is 92.8 Å². The number of nitrogens with zero attached hydrogens (tertiary/aromatic N) is 3. The summed E-state index contributed by atoms with van der Waals surface area (Å²) in [5.74, 6) is 1.80. The second-order valence-electron chi connectivity index (χ2n) is 4.93. The van der Waals surface area contributed by atoms with Crippen molar-refractivity contribution in [2.45, 2.75) is 12.3 Å². The first-order valence-electron chi connectivity index (χ1n) is 6.65. The van der Waals surface area contributed by atoms with Gasteiger partial charge < -0.3 is 14.3 Å². The lowest BCUT2D eigenvalue weighted by molar-refractivity contribution is 0.427. The molecule has 0 saturated carbocycles. The lowest BCUT2D eigenvalue weighted by Crippen LogP contribution is -2.08. The molecular weight excluding hydrogens is 374 g/mol. The molecule has 9 heteroatoms. The average Bonchev–Trinajstić information content (AvgIpc) is 3.25. The quantitative estimate of drug-likeness (QED) is 0.719. The van der Waals surface area contributed by atoms with E-state index in [1.807, 2.05) is 6.07 Å². The summed E-state index contributed by atoms with van der Waals surface area (Å²) >= 11 is 3.25. The molecule has 22 heavy (non-hydrogen) atoms. The van der Waals surface area contributed by atoms with E-state index in [-0.39, 0.29) is 12.4 Å². The number of aromatic amines is 1. The molecule has 0 spiro atoms. The zero-order valence-corrected chi connectivity index (χ0v) is 13.8. The van der Waals surface area contributed by atoms with Gasteiger partial charge in [-0.15, -0.1) is 12.4 Å². The molecule has 0 aromatic carbocycles. The van der Waals surface area contributed by atoms with E-state index in [0.29, 0.717) is 33.8 Å². The normalized spacial score (nSPS) is 17.6. The van der Waals surface area contributed by atoms with E-state index in [2.05, 4.69) is 41.6 Å². The van der Waals surface area contributed by atoms with E-state index in [0.717, 1.165) is 25.2 Å². The van der Waals surface area contributed by atoms with Gasteiger partial charge in [-0.3, -0.25) is 5.10 Å². The summed E-state index contributed by atoms with van der Waals surface area (Å²) in [7, 11) is 0. The molecule has 0 radical (unpaired) electrons. The lowest BCUT2D eigenvalue weighted by Gasteiger charge is -2.02. The van der Waals surface area contributed by atoms with Crippen molar-refractivity contribution in [2.24, 2.45) is 0 Å². The third-order valence-corrected chi connectivity index (χ3v) is 3.96. The Balaban J connectivity index is 0.00000144. The Hall–Kier alpha value is -1.64. The van der Waals surface area contributed by atoms with Crippen molar-refractivity contribution in [3.63, 3.8) is 0 Å². The van der Waals surface area contributed by atoms with Crippen LogP contribution < -0.4 is 5.32 Å². The Kier molecular flexibility index (Phi) is 4.32. The van der Waals surface area contributed by atoms with Gasteiger partial charge >= 0.3 is 0 Å². The monoisotopic (exact) mass is 385 g/mol. The Bertz CT molecular complexity index is 762. The maximum atomic E-state index is 5.40. The van der Waals surface area contributed by atoms with Crippen LogP contribution in [-0.2, 0) is 0 Å². The standard InChI is InChI=1S/C13H12BrN5O2.ClH/c14-11-2-1-10(20-11)12-16-13(21-19-12)9-5-8(17-18-9)7-3-4-15-6-7;/h1-2,5,7,15H,3-4,6H2,(H,17,18);1H. The molecule has 1 unspecified atom stereocenters. The summed E-state index contributed by atoms with van der Waals surface area (Å²) in [6.45, 7) is 2.01. The Morgan fingerprint density at radius 1 is 1.32 bits per heavy atom. The second kappa shape index (κ2) is 6.23. The van der Waals surface area contributed by atoms with Crippen LogP contribution in [0.15, 0.2) is 31.8 Å². The summed E-state index contributed by atoms with van der Waals surface area (Å²) < 4.78 is 11.3. The largest absolute Gasteiger partial charge is 0.446 e. The molecule has 3 aromatic rings. The van der Waals surface area contributed by atoms with E-state index in [1.165, 1.54) is 0 Å². The van der Waals surface area contributed by atoms with E-state index >= 15 is 0 Å². The SMILES string of the molecule is Brc1ccc(-c2noc(-c3cc(C4CCNC4)[nH]n3)n2)o1.Cl. The minimum atomic E-state index is 0. The van der Waals surface area contributed by atoms with E-state index < -0.39 is 0 Å². The van der Waals surface area contributed by atoms with Crippen LogP contribution in [0.1, 0.15) is 18.0 Å². The first kappa shape index (κ1) is 15.3. The molecule has 4 heterocycles. The Labute approximate surface area is 140 Å². The maximum Gasteiger partial charge on any atom is 0.278 e. The fraction of sp³-hybridized carbons (Fsp3) is 0.308. The van der Waals surface area contributed by atoms with Gasteiger partial charge in [-0.1, -0.05) is 5.16 Å². The molecule has 0 aliphatic carbocycles. The number of hydrogen-bond donors (Lipinski definition) is 2. The fourth-order valence-corrected chi connectivity index (χ4v) is 2.74. The molecule has 1 fully saturated rings. The van der Waals surface area contributed by atoms with Gasteiger partial charge in [-0.25, -0.2) is 0 Å². The second-order valence-corrected chi connectivity index (χ2v) is 5.71. The van der Waals surface area contributed by atoms with E-state index in [9.17, 15) is 0 Å². The number of rotatable bonds is 3. The molecule has 2 N–H and O–H groups in total. The van der Waals surface area contributed by atoms with Crippen LogP contribution in [0.3, 0.4) is 0 Å². The predicted molar refractivity (Wildman–Crippen MR) is 84.8 cm³/mol. The summed E-state index contributed by atoms with van der Waals surface area (Å²) in [6, 6.07) is 5.52. The number of H-pyrrole nitrogens is 1. The number of hydrogen-bond acceptors (Lipinski definition) is 6. The minimum absolute atomic E-state index is 0. The molecule has 1 aliphatic heterocycles. The van der Waals surface area contributed by atoms with Crippen molar-refractivity contribution >= 4 is 28.3 Å². The first-order chi connectivity index (χ1) is 10.3. The minimum Gasteiger partial charge on any atom is -0.446 e. The van der Waals surface area contributed by atoms with Crippen LogP contribution in [0.5, 0.6) is 0 Å². The van der Waals surface area contributed by atoms with Gasteiger partial charge in [0.05, 0.1) is 0 Å². The number of nitrogens with one attached hydrogen (secondary N) is 2. The molecule has 0 amide bonds. The van der Waals surface area contributed by atoms with Crippen molar-refractivity contribution in [2.75, 3.05) is 13.1 Å². The van der Waals surface area contributed by atoms with Crippen molar-refractivity contribution < 1.29 is 8.94 Å². The van der Waals surface area contributed by atoms with Crippen molar-refractivity contribution in [3.8, 4) is 23.2 Å². The van der Waals surface area contributed by atoms with Gasteiger partial charge in [0.1, 0.15) is 0 Å². The van der Waals surface area contributed by atoms with Crippen LogP contribution >= 0.6 is 28.3 Å². The highest BCUT2D eigenvalue weighted by molar-refractivity contribution is 9.10. The van der Waals surface area contributed by atoms with Gasteiger partial charge in [-0.2, -0.15) is 10.1 Å². The van der Waals surface area contributed by atoms with Crippen LogP contribution in [-0.4, -0.2) is 33.4 Å². The summed E-state index contributed by atoms with van der Waals surface area (Å²) in [5.41, 5.74) is 1.75. The van der Waals surface area contributed by atoms with Crippen molar-refractivity contribution in [3.05, 3.63) is 28.6 Å². The zero-order valence-electron chi connectivity index (χ0n) is 11.4. The number of furan rings is 1. The number of halogens is 2. The molecule has 1 saturated heterocycles. The van der Waals surface area contributed by atoms with Gasteiger partial charge in [-0.05, 0) is 47.1 Å². The predicted octanol–water partition coefficient (Wildman–Crippen LogP) is 2.98. The summed E-state index contributed by atoms with van der Waals surface area (Å²) in [6.07, 6.45) is 1.11. The van der Waals surface area contributed by atoms with Gasteiger partial charge in [0, 0.05) is 18.2 Å². The van der Waals surface area contributed by atoms with E-state index in [1.54, 1.807) is 12.1 Å². The molecular formula is C13H13BrClN5O2. The fourth-order valence-electron chi connectivity index (χ4n) is 2.44. The molecule has 116 valence electrons. The third-order valence-electron chi connectivity index (χ3n) is 3.54.